The number of hydrogen-bond donors (Lipinski definition) is 1. The second-order valence-corrected chi connectivity index (χ2v) is 7.91. The third-order valence-electron chi connectivity index (χ3n) is 5.28. The summed E-state index contributed by atoms with van der Waals surface area (Å²) in [7, 11) is 0. The predicted molar refractivity (Wildman–Crippen MR) is 130 cm³/mol. The van der Waals surface area contributed by atoms with Gasteiger partial charge in [-0.2, -0.15) is 0 Å². The summed E-state index contributed by atoms with van der Waals surface area (Å²) in [5, 5.41) is 2.85. The van der Waals surface area contributed by atoms with E-state index in [0.717, 1.165) is 22.4 Å². The Kier molecular flexibility index (Phi) is 6.74. The van der Waals surface area contributed by atoms with Gasteiger partial charge >= 0.3 is 0 Å². The van der Waals surface area contributed by atoms with Crippen LogP contribution in [0.5, 0.6) is 11.5 Å². The molecule has 1 aliphatic heterocycles. The van der Waals surface area contributed by atoms with Crippen molar-refractivity contribution in [3.63, 3.8) is 0 Å². The van der Waals surface area contributed by atoms with Crippen LogP contribution in [0.4, 0.5) is 11.4 Å². The first-order valence-corrected chi connectivity index (χ1v) is 10.8. The third-order valence-corrected chi connectivity index (χ3v) is 5.28. The van der Waals surface area contributed by atoms with Gasteiger partial charge in [-0.05, 0) is 55.8 Å². The Balaban J connectivity index is 1.41. The van der Waals surface area contributed by atoms with E-state index in [1.807, 2.05) is 62.4 Å². The van der Waals surface area contributed by atoms with Gasteiger partial charge in [0.25, 0.3) is 5.91 Å². The average molecular weight is 443 g/mol. The van der Waals surface area contributed by atoms with Crippen molar-refractivity contribution in [3.05, 3.63) is 89.5 Å². The number of nitrogens with zero attached hydrogens (tertiary/aromatic N) is 1. The molecule has 33 heavy (non-hydrogen) atoms. The van der Waals surface area contributed by atoms with E-state index in [0.29, 0.717) is 30.3 Å². The Morgan fingerprint density at radius 2 is 1.73 bits per heavy atom. The van der Waals surface area contributed by atoms with Crippen LogP contribution < -0.4 is 19.7 Å². The minimum absolute atomic E-state index is 0.0253. The normalized spacial score (nSPS) is 12.9. The van der Waals surface area contributed by atoms with Crippen LogP contribution in [-0.4, -0.2) is 31.6 Å². The quantitative estimate of drug-likeness (QED) is 0.536. The van der Waals surface area contributed by atoms with E-state index in [1.54, 1.807) is 29.2 Å². The van der Waals surface area contributed by atoms with Crippen LogP contribution in [0.15, 0.2) is 72.8 Å². The summed E-state index contributed by atoms with van der Waals surface area (Å²) in [6.45, 7) is 4.71. The van der Waals surface area contributed by atoms with Gasteiger partial charge in [-0.15, -0.1) is 0 Å². The zero-order valence-corrected chi connectivity index (χ0v) is 18.7. The maximum Gasteiger partial charge on any atom is 0.265 e. The molecule has 0 unspecified atom stereocenters. The van der Waals surface area contributed by atoms with Gasteiger partial charge in [-0.3, -0.25) is 9.59 Å². The average Bonchev–Trinajstić information content (AvgIpc) is 2.81. The molecule has 0 bridgehead atoms. The van der Waals surface area contributed by atoms with E-state index in [-0.39, 0.29) is 18.4 Å². The van der Waals surface area contributed by atoms with Gasteiger partial charge in [0.2, 0.25) is 5.91 Å². The minimum Gasteiger partial charge on any atom is -0.492 e. The first-order chi connectivity index (χ1) is 16.0. The Morgan fingerprint density at radius 3 is 2.45 bits per heavy atom. The molecule has 1 heterocycles. The monoisotopic (exact) mass is 442 g/mol. The smallest absolute Gasteiger partial charge is 0.265 e. The fourth-order valence-corrected chi connectivity index (χ4v) is 3.45. The zero-order chi connectivity index (χ0) is 23.2. The molecule has 1 aliphatic rings. The third kappa shape index (κ3) is 5.80. The molecule has 0 aromatic heterocycles. The van der Waals surface area contributed by atoms with E-state index in [1.165, 1.54) is 6.08 Å². The van der Waals surface area contributed by atoms with Crippen molar-refractivity contribution in [2.24, 2.45) is 0 Å². The first-order valence-electron chi connectivity index (χ1n) is 10.8. The summed E-state index contributed by atoms with van der Waals surface area (Å²) in [6, 6.07) is 20.9. The highest BCUT2D eigenvalue weighted by molar-refractivity contribution is 6.03. The molecular formula is C27H26N2O4. The van der Waals surface area contributed by atoms with Crippen molar-refractivity contribution in [2.75, 3.05) is 30.0 Å². The van der Waals surface area contributed by atoms with Gasteiger partial charge in [-0.1, -0.05) is 47.5 Å². The van der Waals surface area contributed by atoms with Gasteiger partial charge in [0, 0.05) is 11.8 Å². The van der Waals surface area contributed by atoms with Crippen LogP contribution in [0.2, 0.25) is 0 Å². The van der Waals surface area contributed by atoms with Gasteiger partial charge in [0.1, 0.15) is 18.1 Å². The number of ether oxygens (including phenoxy) is 2. The van der Waals surface area contributed by atoms with E-state index in [9.17, 15) is 9.59 Å². The number of anilines is 2. The lowest BCUT2D eigenvalue weighted by Crippen LogP contribution is -2.41. The number of hydrogen-bond acceptors (Lipinski definition) is 4. The Morgan fingerprint density at radius 1 is 1.03 bits per heavy atom. The molecule has 3 aromatic carbocycles. The maximum atomic E-state index is 12.5. The number of nitrogens with one attached hydrogen (secondary N) is 1. The largest absolute Gasteiger partial charge is 0.492 e. The van der Waals surface area contributed by atoms with Crippen molar-refractivity contribution in [3.8, 4) is 11.5 Å². The number of carbonyl (C=O) groups is 2. The highest BCUT2D eigenvalue weighted by Gasteiger charge is 2.26. The molecule has 0 saturated heterocycles. The lowest BCUT2D eigenvalue weighted by molar-refractivity contribution is -0.121. The summed E-state index contributed by atoms with van der Waals surface area (Å²) in [4.78, 5) is 26.5. The SMILES string of the molecule is Cc1ccc(/C=C/C(=O)Nc2ccc3c(c2)N(CCOc2ccc(C)cc2)C(=O)CO3)cc1. The van der Waals surface area contributed by atoms with E-state index in [2.05, 4.69) is 5.32 Å². The van der Waals surface area contributed by atoms with Gasteiger partial charge in [0.05, 0.1) is 12.2 Å². The Bertz CT molecular complexity index is 1170. The molecule has 0 atom stereocenters. The highest BCUT2D eigenvalue weighted by Crippen LogP contribution is 2.34. The molecule has 6 nitrogen and oxygen atoms in total. The molecular weight excluding hydrogens is 416 g/mol. The zero-order valence-electron chi connectivity index (χ0n) is 18.7. The van der Waals surface area contributed by atoms with Gasteiger partial charge < -0.3 is 19.7 Å². The molecule has 3 aromatic rings. The molecule has 168 valence electrons. The Hall–Kier alpha value is -4.06. The predicted octanol–water partition coefficient (Wildman–Crippen LogP) is 4.76. The van der Waals surface area contributed by atoms with Crippen LogP contribution in [0.25, 0.3) is 6.08 Å². The molecule has 0 radical (unpaired) electrons. The van der Waals surface area contributed by atoms with Crippen LogP contribution in [0.3, 0.4) is 0 Å². The first kappa shape index (κ1) is 22.1. The topological polar surface area (TPSA) is 67.9 Å². The van der Waals surface area contributed by atoms with E-state index >= 15 is 0 Å². The van der Waals surface area contributed by atoms with E-state index < -0.39 is 0 Å². The standard InChI is InChI=1S/C27H26N2O4/c1-19-3-7-21(8-4-19)9-14-26(30)28-22-10-13-25-24(17-22)29(27(31)18-33-25)15-16-32-23-11-5-20(2)6-12-23/h3-14,17H,15-16,18H2,1-2H3,(H,28,30)/b14-9+. The highest BCUT2D eigenvalue weighted by atomic mass is 16.5. The fourth-order valence-electron chi connectivity index (χ4n) is 3.45. The van der Waals surface area contributed by atoms with Crippen LogP contribution in [0, 0.1) is 13.8 Å². The van der Waals surface area contributed by atoms with Crippen LogP contribution in [-0.2, 0) is 9.59 Å². The number of fused-ring (bicyclic) bond motifs is 1. The van der Waals surface area contributed by atoms with Gasteiger partial charge in [-0.25, -0.2) is 0 Å². The molecule has 6 heteroatoms. The molecule has 0 aliphatic carbocycles. The van der Waals surface area contributed by atoms with Crippen molar-refractivity contribution in [2.45, 2.75) is 13.8 Å². The lowest BCUT2D eigenvalue weighted by atomic mass is 10.1. The molecule has 4 rings (SSSR count). The number of carbonyl (C=O) groups excluding carboxylic acids is 2. The van der Waals surface area contributed by atoms with Crippen molar-refractivity contribution in [1.29, 1.82) is 0 Å². The summed E-state index contributed by atoms with van der Waals surface area (Å²) < 4.78 is 11.3. The fraction of sp³-hybridized carbons (Fsp3) is 0.185. The number of rotatable bonds is 7. The number of benzene rings is 3. The number of amides is 2. The second kappa shape index (κ2) is 10.0. The molecule has 0 spiro atoms. The van der Waals surface area contributed by atoms with Gasteiger partial charge in [0.15, 0.2) is 6.61 Å². The molecule has 1 N–H and O–H groups in total. The maximum absolute atomic E-state index is 12.5. The summed E-state index contributed by atoms with van der Waals surface area (Å²) in [5.41, 5.74) is 4.45. The minimum atomic E-state index is -0.257. The Labute approximate surface area is 193 Å². The van der Waals surface area contributed by atoms with Crippen LogP contribution in [0.1, 0.15) is 16.7 Å². The molecule has 0 saturated carbocycles. The molecule has 2 amide bonds. The van der Waals surface area contributed by atoms with Crippen molar-refractivity contribution >= 4 is 29.3 Å². The van der Waals surface area contributed by atoms with Crippen molar-refractivity contribution < 1.29 is 19.1 Å². The van der Waals surface area contributed by atoms with Crippen LogP contribution >= 0.6 is 0 Å². The lowest BCUT2D eigenvalue weighted by Gasteiger charge is -2.29. The summed E-state index contributed by atoms with van der Waals surface area (Å²) in [6.07, 6.45) is 3.24. The summed E-state index contributed by atoms with van der Waals surface area (Å²) >= 11 is 0. The summed E-state index contributed by atoms with van der Waals surface area (Å²) in [5.74, 6) is 0.937. The second-order valence-electron chi connectivity index (χ2n) is 7.91. The van der Waals surface area contributed by atoms with E-state index in [4.69, 9.17) is 9.47 Å². The van der Waals surface area contributed by atoms with Crippen molar-refractivity contribution in [1.82, 2.24) is 0 Å². The number of aryl methyl sites for hydroxylation is 2. The molecule has 0 fully saturated rings.